The van der Waals surface area contributed by atoms with Crippen LogP contribution in [0.15, 0.2) is 47.8 Å². The minimum absolute atomic E-state index is 0.00980. The molecule has 0 unspecified atom stereocenters. The predicted molar refractivity (Wildman–Crippen MR) is 93.2 cm³/mol. The van der Waals surface area contributed by atoms with Crippen LogP contribution < -0.4 is 0 Å². The molecule has 0 aliphatic carbocycles. The van der Waals surface area contributed by atoms with Crippen molar-refractivity contribution in [3.8, 4) is 5.69 Å². The van der Waals surface area contributed by atoms with Gasteiger partial charge in [0.1, 0.15) is 0 Å². The Morgan fingerprint density at radius 1 is 1.17 bits per heavy atom. The van der Waals surface area contributed by atoms with Crippen molar-refractivity contribution in [2.24, 2.45) is 0 Å². The van der Waals surface area contributed by atoms with Gasteiger partial charge in [0.15, 0.2) is 0 Å². The van der Waals surface area contributed by atoms with Gasteiger partial charge in [-0.2, -0.15) is 5.10 Å². The number of aryl methyl sites for hydroxylation is 1. The first-order chi connectivity index (χ1) is 11.1. The van der Waals surface area contributed by atoms with Gasteiger partial charge in [0.25, 0.3) is 5.91 Å². The fraction of sp³-hybridized carbons (Fsp3) is 0.222. The maximum absolute atomic E-state index is 12.8. The van der Waals surface area contributed by atoms with Gasteiger partial charge < -0.3 is 4.90 Å². The van der Waals surface area contributed by atoms with Crippen LogP contribution in [-0.4, -0.2) is 27.6 Å². The molecule has 3 rings (SSSR count). The molecule has 1 aromatic carbocycles. The van der Waals surface area contributed by atoms with Crippen molar-refractivity contribution in [3.63, 3.8) is 0 Å². The molecule has 0 atom stereocenters. The Hall–Kier alpha value is -2.40. The Morgan fingerprint density at radius 2 is 1.91 bits per heavy atom. The Labute approximate surface area is 140 Å². The summed E-state index contributed by atoms with van der Waals surface area (Å²) in [7, 11) is 1.83. The average Bonchev–Trinajstić information content (AvgIpc) is 3.15. The van der Waals surface area contributed by atoms with Crippen LogP contribution in [-0.2, 0) is 6.54 Å². The molecular weight excluding hydrogens is 306 g/mol. The summed E-state index contributed by atoms with van der Waals surface area (Å²) in [5.74, 6) is 0.00980. The minimum atomic E-state index is 0.00980. The van der Waals surface area contributed by atoms with Crippen LogP contribution in [0.3, 0.4) is 0 Å². The summed E-state index contributed by atoms with van der Waals surface area (Å²) in [4.78, 5) is 15.8. The number of benzene rings is 1. The lowest BCUT2D eigenvalue weighted by molar-refractivity contribution is 0.0785. The van der Waals surface area contributed by atoms with Gasteiger partial charge in [-0.1, -0.05) is 24.3 Å². The summed E-state index contributed by atoms with van der Waals surface area (Å²) in [5, 5.41) is 6.58. The maximum Gasteiger partial charge on any atom is 0.257 e. The zero-order chi connectivity index (χ0) is 16.4. The highest BCUT2D eigenvalue weighted by atomic mass is 32.1. The molecule has 0 saturated carbocycles. The smallest absolute Gasteiger partial charge is 0.257 e. The van der Waals surface area contributed by atoms with Gasteiger partial charge >= 0.3 is 0 Å². The lowest BCUT2D eigenvalue weighted by atomic mass is 10.1. The Bertz CT molecular complexity index is 806. The van der Waals surface area contributed by atoms with E-state index < -0.39 is 0 Å². The van der Waals surface area contributed by atoms with Crippen LogP contribution in [0.5, 0.6) is 0 Å². The van der Waals surface area contributed by atoms with Gasteiger partial charge in [-0.15, -0.1) is 11.3 Å². The number of nitrogens with zero attached hydrogens (tertiary/aromatic N) is 3. The molecule has 118 valence electrons. The second-order valence-corrected chi connectivity index (χ2v) is 6.57. The Kier molecular flexibility index (Phi) is 4.30. The summed E-state index contributed by atoms with van der Waals surface area (Å²) in [6.07, 6.45) is 0. The first-order valence-electron chi connectivity index (χ1n) is 7.47. The lowest BCUT2D eigenvalue weighted by Crippen LogP contribution is -2.26. The number of hydrogen-bond donors (Lipinski definition) is 0. The fourth-order valence-electron chi connectivity index (χ4n) is 2.67. The molecule has 0 spiro atoms. The lowest BCUT2D eigenvalue weighted by Gasteiger charge is -2.16. The van der Waals surface area contributed by atoms with Crippen LogP contribution in [0.4, 0.5) is 0 Å². The molecule has 0 aliphatic rings. The molecule has 23 heavy (non-hydrogen) atoms. The van der Waals surface area contributed by atoms with E-state index in [-0.39, 0.29) is 5.91 Å². The van der Waals surface area contributed by atoms with Gasteiger partial charge in [0.05, 0.1) is 29.2 Å². The van der Waals surface area contributed by atoms with E-state index in [2.05, 4.69) is 5.10 Å². The van der Waals surface area contributed by atoms with Crippen molar-refractivity contribution in [2.45, 2.75) is 20.4 Å². The molecule has 0 aliphatic heterocycles. The number of rotatable bonds is 4. The predicted octanol–water partition coefficient (Wildman–Crippen LogP) is 3.82. The number of amides is 1. The third-order valence-corrected chi connectivity index (χ3v) is 4.69. The topological polar surface area (TPSA) is 38.1 Å². The van der Waals surface area contributed by atoms with Gasteiger partial charge in [-0.05, 0) is 37.4 Å². The molecule has 0 radical (unpaired) electrons. The Balaban J connectivity index is 1.91. The van der Waals surface area contributed by atoms with Crippen molar-refractivity contribution < 1.29 is 4.79 Å². The van der Waals surface area contributed by atoms with Crippen LogP contribution in [0.2, 0.25) is 0 Å². The van der Waals surface area contributed by atoms with Gasteiger partial charge in [0, 0.05) is 11.9 Å². The molecule has 4 nitrogen and oxygen atoms in total. The van der Waals surface area contributed by atoms with E-state index in [0.717, 1.165) is 17.1 Å². The number of hydrogen-bond acceptors (Lipinski definition) is 3. The van der Waals surface area contributed by atoms with E-state index in [4.69, 9.17) is 0 Å². The standard InChI is InChI=1S/C18H19N3OS/c1-13-17(18(22)20(3)12-16-10-7-11-23-16)14(2)21(19-13)15-8-5-4-6-9-15/h4-11H,12H2,1-3H3. The molecule has 3 aromatic rings. The van der Waals surface area contributed by atoms with Gasteiger partial charge in [-0.3, -0.25) is 4.79 Å². The fourth-order valence-corrected chi connectivity index (χ4v) is 3.43. The molecular formula is C18H19N3OS. The first-order valence-corrected chi connectivity index (χ1v) is 8.35. The summed E-state index contributed by atoms with van der Waals surface area (Å²) >= 11 is 1.66. The van der Waals surface area contributed by atoms with Crippen molar-refractivity contribution in [2.75, 3.05) is 7.05 Å². The normalized spacial score (nSPS) is 10.7. The van der Waals surface area contributed by atoms with Crippen molar-refractivity contribution in [1.29, 1.82) is 0 Å². The molecule has 1 amide bonds. The highest BCUT2D eigenvalue weighted by molar-refractivity contribution is 7.09. The summed E-state index contributed by atoms with van der Waals surface area (Å²) in [6.45, 7) is 4.45. The van der Waals surface area contributed by atoms with E-state index >= 15 is 0 Å². The quantitative estimate of drug-likeness (QED) is 0.731. The van der Waals surface area contributed by atoms with Gasteiger partial charge in [-0.25, -0.2) is 4.68 Å². The van der Waals surface area contributed by atoms with Crippen molar-refractivity contribution in [3.05, 3.63) is 69.7 Å². The molecule has 0 fully saturated rings. The zero-order valence-corrected chi connectivity index (χ0v) is 14.3. The summed E-state index contributed by atoms with van der Waals surface area (Å²) in [6, 6.07) is 13.9. The third kappa shape index (κ3) is 3.05. The second-order valence-electron chi connectivity index (χ2n) is 5.53. The van der Waals surface area contributed by atoms with E-state index in [1.54, 1.807) is 16.2 Å². The number of thiophene rings is 1. The molecule has 0 saturated heterocycles. The first kappa shape index (κ1) is 15.5. The maximum atomic E-state index is 12.8. The van der Waals surface area contributed by atoms with Crippen molar-refractivity contribution >= 4 is 17.2 Å². The highest BCUT2D eigenvalue weighted by Gasteiger charge is 2.22. The number of aromatic nitrogens is 2. The molecule has 0 N–H and O–H groups in total. The molecule has 5 heteroatoms. The van der Waals surface area contributed by atoms with Crippen LogP contribution in [0.25, 0.3) is 5.69 Å². The summed E-state index contributed by atoms with van der Waals surface area (Å²) in [5.41, 5.74) is 3.28. The summed E-state index contributed by atoms with van der Waals surface area (Å²) < 4.78 is 1.83. The SMILES string of the molecule is Cc1nn(-c2ccccc2)c(C)c1C(=O)N(C)Cc1cccs1. The molecule has 2 aromatic heterocycles. The van der Waals surface area contributed by atoms with Crippen molar-refractivity contribution in [1.82, 2.24) is 14.7 Å². The van der Waals surface area contributed by atoms with Crippen LogP contribution >= 0.6 is 11.3 Å². The third-order valence-electron chi connectivity index (χ3n) is 3.83. The van der Waals surface area contributed by atoms with E-state index in [0.29, 0.717) is 12.1 Å². The molecule has 0 bridgehead atoms. The van der Waals surface area contributed by atoms with E-state index in [1.165, 1.54) is 4.88 Å². The number of carbonyl (C=O) groups excluding carboxylic acids is 1. The van der Waals surface area contributed by atoms with Crippen LogP contribution in [0.1, 0.15) is 26.6 Å². The Morgan fingerprint density at radius 3 is 2.57 bits per heavy atom. The second kappa shape index (κ2) is 6.38. The van der Waals surface area contributed by atoms with E-state index in [9.17, 15) is 4.79 Å². The largest absolute Gasteiger partial charge is 0.336 e. The van der Waals surface area contributed by atoms with Gasteiger partial charge in [0.2, 0.25) is 0 Å². The highest BCUT2D eigenvalue weighted by Crippen LogP contribution is 2.20. The monoisotopic (exact) mass is 325 g/mol. The molecule has 2 heterocycles. The van der Waals surface area contributed by atoms with Crippen LogP contribution in [0, 0.1) is 13.8 Å². The zero-order valence-electron chi connectivity index (χ0n) is 13.5. The van der Waals surface area contributed by atoms with E-state index in [1.807, 2.05) is 73.4 Å². The number of carbonyl (C=O) groups is 1. The number of para-hydroxylation sites is 1. The minimum Gasteiger partial charge on any atom is -0.336 e. The average molecular weight is 325 g/mol.